The van der Waals surface area contributed by atoms with E-state index in [4.69, 9.17) is 21.1 Å². The number of sulfonamides is 1. The molecule has 3 aromatic rings. The molecule has 1 aliphatic heterocycles. The monoisotopic (exact) mass is 739 g/mol. The number of aliphatic hydroxyl groups excluding tert-OH is 1. The van der Waals surface area contributed by atoms with Crippen molar-refractivity contribution < 1.29 is 41.0 Å². The average molecular weight is 740 g/mol. The van der Waals surface area contributed by atoms with Crippen molar-refractivity contribution in [3.63, 3.8) is 0 Å². The number of alkyl halides is 3. The molecule has 4 atom stereocenters. The lowest BCUT2D eigenvalue weighted by Gasteiger charge is -2.36. The second kappa shape index (κ2) is 17.2. The Morgan fingerprint density at radius 1 is 1.06 bits per heavy atom. The fourth-order valence-electron chi connectivity index (χ4n) is 5.76. The fourth-order valence-corrected chi connectivity index (χ4v) is 6.93. The Balaban J connectivity index is 1.61. The summed E-state index contributed by atoms with van der Waals surface area (Å²) < 4.78 is 80.7. The number of aliphatic hydroxyl groups is 1. The molecule has 0 fully saturated rings. The molecule has 0 unspecified atom stereocenters. The number of nitrogens with one attached hydrogen (secondary N) is 1. The third-order valence-electron chi connectivity index (χ3n) is 8.65. The van der Waals surface area contributed by atoms with Crippen LogP contribution in [0.3, 0.4) is 0 Å². The van der Waals surface area contributed by atoms with Crippen molar-refractivity contribution in [3.8, 4) is 5.75 Å². The number of anilines is 1. The molecular formula is C36H45ClF3N3O6S. The van der Waals surface area contributed by atoms with Crippen LogP contribution in [-0.2, 0) is 27.5 Å². The van der Waals surface area contributed by atoms with Crippen LogP contribution in [0.5, 0.6) is 5.75 Å². The first-order valence-corrected chi connectivity index (χ1v) is 18.4. The average Bonchev–Trinajstić information content (AvgIpc) is 3.06. The Labute approximate surface area is 297 Å². The van der Waals surface area contributed by atoms with Crippen molar-refractivity contribution in [3.05, 3.63) is 88.4 Å². The van der Waals surface area contributed by atoms with Gasteiger partial charge in [-0.25, -0.2) is 8.42 Å². The molecule has 0 saturated carbocycles. The van der Waals surface area contributed by atoms with Crippen molar-refractivity contribution in [2.45, 2.75) is 75.9 Å². The van der Waals surface area contributed by atoms with Crippen molar-refractivity contribution in [2.75, 3.05) is 38.1 Å². The Morgan fingerprint density at radius 2 is 1.74 bits per heavy atom. The van der Waals surface area contributed by atoms with E-state index in [0.717, 1.165) is 25.0 Å². The van der Waals surface area contributed by atoms with Gasteiger partial charge in [0.05, 0.1) is 40.9 Å². The minimum absolute atomic E-state index is 0.00290. The summed E-state index contributed by atoms with van der Waals surface area (Å²) in [5, 5.41) is 10.6. The van der Waals surface area contributed by atoms with E-state index in [1.54, 1.807) is 13.0 Å². The summed E-state index contributed by atoms with van der Waals surface area (Å²) in [6, 6.07) is 14.7. The van der Waals surface area contributed by atoms with Crippen molar-refractivity contribution in [1.82, 2.24) is 9.80 Å². The normalized spacial score (nSPS) is 20.5. The number of amides is 1. The number of benzene rings is 3. The van der Waals surface area contributed by atoms with Crippen LogP contribution in [0.15, 0.2) is 71.6 Å². The maximum Gasteiger partial charge on any atom is 0.416 e. The molecule has 14 heteroatoms. The lowest BCUT2D eigenvalue weighted by Crippen LogP contribution is -2.47. The van der Waals surface area contributed by atoms with Crippen molar-refractivity contribution in [1.29, 1.82) is 0 Å². The lowest BCUT2D eigenvalue weighted by molar-refractivity contribution is -0.137. The predicted molar refractivity (Wildman–Crippen MR) is 187 cm³/mol. The van der Waals surface area contributed by atoms with Crippen LogP contribution in [0.25, 0.3) is 0 Å². The van der Waals surface area contributed by atoms with Crippen LogP contribution in [-0.4, -0.2) is 80.8 Å². The van der Waals surface area contributed by atoms with Gasteiger partial charge in [0.2, 0.25) is 0 Å². The summed E-state index contributed by atoms with van der Waals surface area (Å²) in [6.07, 6.45) is -2.82. The zero-order chi connectivity index (χ0) is 36.6. The van der Waals surface area contributed by atoms with Gasteiger partial charge in [-0.05, 0) is 100 Å². The van der Waals surface area contributed by atoms with E-state index in [2.05, 4.69) is 4.72 Å². The Hall–Kier alpha value is -3.36. The molecule has 50 heavy (non-hydrogen) atoms. The van der Waals surface area contributed by atoms with E-state index in [-0.39, 0.29) is 47.4 Å². The van der Waals surface area contributed by atoms with Crippen LogP contribution in [0, 0.1) is 5.92 Å². The number of hydrogen-bond acceptors (Lipinski definition) is 7. The zero-order valence-corrected chi connectivity index (χ0v) is 30.2. The highest BCUT2D eigenvalue weighted by Crippen LogP contribution is 2.31. The molecule has 274 valence electrons. The van der Waals surface area contributed by atoms with E-state index in [9.17, 15) is 31.5 Å². The van der Waals surface area contributed by atoms with E-state index >= 15 is 0 Å². The number of fused-ring (bicyclic) bond motifs is 1. The zero-order valence-electron chi connectivity index (χ0n) is 28.6. The lowest BCUT2D eigenvalue weighted by atomic mass is 10.0. The quantitative estimate of drug-likeness (QED) is 0.241. The smallest absolute Gasteiger partial charge is 0.416 e. The molecule has 2 N–H and O–H groups in total. The minimum atomic E-state index is -4.41. The molecule has 0 aliphatic carbocycles. The Morgan fingerprint density at radius 3 is 2.38 bits per heavy atom. The van der Waals surface area contributed by atoms with E-state index in [1.165, 1.54) is 53.4 Å². The van der Waals surface area contributed by atoms with Gasteiger partial charge >= 0.3 is 6.18 Å². The second-order valence-corrected chi connectivity index (χ2v) is 15.1. The minimum Gasteiger partial charge on any atom is -0.490 e. The number of hydrogen-bond donors (Lipinski definition) is 2. The summed E-state index contributed by atoms with van der Waals surface area (Å²) in [7, 11) is -2.15. The van der Waals surface area contributed by atoms with E-state index in [1.807, 2.05) is 25.8 Å². The molecule has 1 amide bonds. The molecule has 0 aromatic heterocycles. The molecule has 1 aliphatic rings. The van der Waals surface area contributed by atoms with Gasteiger partial charge in [0, 0.05) is 42.9 Å². The van der Waals surface area contributed by atoms with Crippen molar-refractivity contribution in [2.24, 2.45) is 5.92 Å². The van der Waals surface area contributed by atoms with Gasteiger partial charge in [-0.15, -0.1) is 0 Å². The number of rotatable bonds is 9. The predicted octanol–water partition coefficient (Wildman–Crippen LogP) is 7.09. The summed E-state index contributed by atoms with van der Waals surface area (Å²) >= 11 is 5.94. The first kappa shape index (κ1) is 39.4. The first-order chi connectivity index (χ1) is 23.6. The molecule has 9 nitrogen and oxygen atoms in total. The molecular weight excluding hydrogens is 695 g/mol. The number of carbonyl (C=O) groups is 1. The number of nitrogens with zero attached hydrogens (tertiary/aromatic N) is 2. The number of ether oxygens (including phenoxy) is 2. The fraction of sp³-hybridized carbons (Fsp3) is 0.472. The highest BCUT2D eigenvalue weighted by molar-refractivity contribution is 7.92. The maximum atomic E-state index is 14.4. The molecule has 0 bridgehead atoms. The van der Waals surface area contributed by atoms with Gasteiger partial charge in [0.25, 0.3) is 15.9 Å². The van der Waals surface area contributed by atoms with Gasteiger partial charge in [-0.2, -0.15) is 13.2 Å². The van der Waals surface area contributed by atoms with Crippen LogP contribution >= 0.6 is 11.6 Å². The van der Waals surface area contributed by atoms with Crippen LogP contribution < -0.4 is 9.46 Å². The summed E-state index contributed by atoms with van der Waals surface area (Å²) in [4.78, 5) is 17.9. The third kappa shape index (κ3) is 10.8. The van der Waals surface area contributed by atoms with Gasteiger partial charge in [0.15, 0.2) is 0 Å². The molecule has 0 spiro atoms. The molecule has 4 rings (SSSR count). The molecule has 0 radical (unpaired) electrons. The number of halogens is 4. The summed E-state index contributed by atoms with van der Waals surface area (Å²) in [5.41, 5.74) is 0.296. The van der Waals surface area contributed by atoms with Crippen LogP contribution in [0.4, 0.5) is 18.9 Å². The number of likely N-dealkylation sites (N-methyl/N-ethyl adjacent to an activating group) is 1. The van der Waals surface area contributed by atoms with Gasteiger partial charge in [-0.1, -0.05) is 30.7 Å². The first-order valence-electron chi connectivity index (χ1n) is 16.5. The maximum absolute atomic E-state index is 14.4. The molecule has 0 saturated heterocycles. The molecule has 3 aromatic carbocycles. The van der Waals surface area contributed by atoms with Crippen LogP contribution in [0.1, 0.15) is 61.5 Å². The molecule has 1 heterocycles. The highest BCUT2D eigenvalue weighted by atomic mass is 35.5. The summed E-state index contributed by atoms with van der Waals surface area (Å²) in [6.45, 7) is 6.71. The topological polar surface area (TPSA) is 108 Å². The Bertz CT molecular complexity index is 1680. The van der Waals surface area contributed by atoms with Gasteiger partial charge < -0.3 is 19.5 Å². The summed E-state index contributed by atoms with van der Waals surface area (Å²) in [5.74, 6) is -0.399. The van der Waals surface area contributed by atoms with E-state index in [0.29, 0.717) is 42.5 Å². The Kier molecular flexibility index (Phi) is 13.6. The second-order valence-electron chi connectivity index (χ2n) is 13.0. The van der Waals surface area contributed by atoms with Crippen LogP contribution in [0.2, 0.25) is 5.02 Å². The standard InChI is InChI=1S/C36H45ClF3N3O6S/c1-24-20-43(25(2)23-44)35(45)32-19-30(41-50(46,47)31-15-12-29(37)13-16-31)14-17-33(32)49-26(3)7-5-6-18-48-34(24)22-42(4)21-27-8-10-28(11-9-27)36(38,39)40/h8-17,19,24-26,34,41,44H,5-7,18,20-23H2,1-4H3/t24-,25+,26+,34+/m1/s1. The highest BCUT2D eigenvalue weighted by Gasteiger charge is 2.32. The van der Waals surface area contributed by atoms with Gasteiger partial charge in [-0.3, -0.25) is 14.4 Å². The third-order valence-corrected chi connectivity index (χ3v) is 10.3. The number of carbonyl (C=O) groups excluding carboxylic acids is 1. The largest absolute Gasteiger partial charge is 0.490 e. The van der Waals surface area contributed by atoms with Gasteiger partial charge in [0.1, 0.15) is 5.75 Å². The SMILES string of the molecule is C[C@@H]1CN([C@@H](C)CO)C(=O)c2cc(NS(=O)(=O)c3ccc(Cl)cc3)ccc2O[C@@H](C)CCCCO[C@H]1CN(C)Cc1ccc(C(F)(F)F)cc1. The van der Waals surface area contributed by atoms with E-state index < -0.39 is 33.7 Å². The van der Waals surface area contributed by atoms with Crippen molar-refractivity contribution >= 4 is 33.2 Å².